The number of halogens is 1. The molecule has 1 unspecified atom stereocenters. The molecular formula is C20H30ClN3O2. The van der Waals surface area contributed by atoms with Crippen molar-refractivity contribution in [1.29, 1.82) is 0 Å². The maximum atomic E-state index is 12.8. The van der Waals surface area contributed by atoms with Crippen LogP contribution in [0.3, 0.4) is 0 Å². The molecule has 2 N–H and O–H groups in total. The van der Waals surface area contributed by atoms with Crippen LogP contribution >= 0.6 is 12.4 Å². The topological polar surface area (TPSA) is 61.4 Å². The molecule has 2 aliphatic heterocycles. The van der Waals surface area contributed by atoms with Crippen molar-refractivity contribution in [3.8, 4) is 0 Å². The van der Waals surface area contributed by atoms with Gasteiger partial charge in [0.25, 0.3) is 0 Å². The average molecular weight is 380 g/mol. The molecule has 0 saturated carbocycles. The molecular weight excluding hydrogens is 350 g/mol. The Labute approximate surface area is 162 Å². The van der Waals surface area contributed by atoms with Gasteiger partial charge in [-0.1, -0.05) is 32.0 Å². The van der Waals surface area contributed by atoms with E-state index in [1.165, 1.54) is 11.1 Å². The van der Waals surface area contributed by atoms with E-state index in [0.29, 0.717) is 31.8 Å². The summed E-state index contributed by atoms with van der Waals surface area (Å²) < 4.78 is 0. The van der Waals surface area contributed by atoms with Crippen LogP contribution in [-0.4, -0.2) is 29.3 Å². The fourth-order valence-corrected chi connectivity index (χ4v) is 3.74. The summed E-state index contributed by atoms with van der Waals surface area (Å²) in [5, 5.41) is 6.40. The van der Waals surface area contributed by atoms with Crippen molar-refractivity contribution >= 4 is 24.2 Å². The van der Waals surface area contributed by atoms with Gasteiger partial charge in [0.05, 0.1) is 0 Å². The molecule has 1 fully saturated rings. The molecule has 2 aliphatic rings. The molecule has 0 aliphatic carbocycles. The number of piperidine rings is 1. The summed E-state index contributed by atoms with van der Waals surface area (Å²) in [4.78, 5) is 26.9. The second-order valence-electron chi connectivity index (χ2n) is 7.61. The number of benzene rings is 1. The normalized spacial score (nSPS) is 17.7. The molecule has 1 saturated heterocycles. The third kappa shape index (κ3) is 4.98. The Kier molecular flexibility index (Phi) is 7.47. The first-order valence-electron chi connectivity index (χ1n) is 9.43. The van der Waals surface area contributed by atoms with Crippen molar-refractivity contribution in [2.24, 2.45) is 5.92 Å². The lowest BCUT2D eigenvalue weighted by atomic mass is 9.98. The summed E-state index contributed by atoms with van der Waals surface area (Å²) in [5.74, 6) is 0.467. The number of nitrogens with one attached hydrogen (secondary N) is 2. The van der Waals surface area contributed by atoms with Gasteiger partial charge < -0.3 is 15.5 Å². The Morgan fingerprint density at radius 1 is 1.23 bits per heavy atom. The van der Waals surface area contributed by atoms with Crippen molar-refractivity contribution in [2.45, 2.75) is 65.2 Å². The van der Waals surface area contributed by atoms with Gasteiger partial charge in [-0.15, -0.1) is 12.4 Å². The third-order valence-electron chi connectivity index (χ3n) is 5.10. The highest BCUT2D eigenvalue weighted by Gasteiger charge is 2.31. The van der Waals surface area contributed by atoms with Crippen LogP contribution in [0.4, 0.5) is 0 Å². The van der Waals surface area contributed by atoms with Crippen LogP contribution < -0.4 is 10.6 Å². The lowest BCUT2D eigenvalue weighted by Gasteiger charge is -2.34. The van der Waals surface area contributed by atoms with Gasteiger partial charge in [-0.3, -0.25) is 9.59 Å². The predicted octanol–water partition coefficient (Wildman–Crippen LogP) is 2.76. The van der Waals surface area contributed by atoms with E-state index in [9.17, 15) is 9.59 Å². The van der Waals surface area contributed by atoms with Crippen molar-refractivity contribution in [3.63, 3.8) is 0 Å². The molecule has 0 spiro atoms. The summed E-state index contributed by atoms with van der Waals surface area (Å²) in [6.07, 6.45) is 3.21. The second kappa shape index (κ2) is 9.38. The SMILES string of the molecule is CC(C)CC(C(=O)NCc1ccc2c(c1)CNC2)N1CCCCC1=O.Cl. The smallest absolute Gasteiger partial charge is 0.243 e. The van der Waals surface area contributed by atoms with Crippen LogP contribution in [0, 0.1) is 5.92 Å². The van der Waals surface area contributed by atoms with Crippen LogP contribution in [0.15, 0.2) is 18.2 Å². The van der Waals surface area contributed by atoms with E-state index in [1.807, 2.05) is 0 Å². The highest BCUT2D eigenvalue weighted by molar-refractivity contribution is 5.88. The quantitative estimate of drug-likeness (QED) is 0.798. The number of amides is 2. The van der Waals surface area contributed by atoms with Gasteiger partial charge in [0.1, 0.15) is 6.04 Å². The van der Waals surface area contributed by atoms with E-state index in [4.69, 9.17) is 0 Å². The maximum absolute atomic E-state index is 12.8. The van der Waals surface area contributed by atoms with Crippen LogP contribution in [0.25, 0.3) is 0 Å². The summed E-state index contributed by atoms with van der Waals surface area (Å²) in [6.45, 7) is 7.24. The standard InChI is InChI=1S/C20H29N3O2.ClH/c1-14(2)9-18(23-8-4-3-5-19(23)24)20(25)22-11-15-6-7-16-12-21-13-17(16)10-15;/h6-7,10,14,18,21H,3-5,8-9,11-13H2,1-2H3,(H,22,25);1H. The summed E-state index contributed by atoms with van der Waals surface area (Å²) in [6, 6.07) is 6.04. The Morgan fingerprint density at radius 3 is 2.73 bits per heavy atom. The summed E-state index contributed by atoms with van der Waals surface area (Å²) in [7, 11) is 0. The van der Waals surface area contributed by atoms with Crippen molar-refractivity contribution in [2.75, 3.05) is 6.54 Å². The maximum Gasteiger partial charge on any atom is 0.243 e. The third-order valence-corrected chi connectivity index (χ3v) is 5.10. The van der Waals surface area contributed by atoms with E-state index in [1.54, 1.807) is 4.90 Å². The number of fused-ring (bicyclic) bond motifs is 1. The Hall–Kier alpha value is -1.59. The fourth-order valence-electron chi connectivity index (χ4n) is 3.74. The van der Waals surface area contributed by atoms with Gasteiger partial charge in [-0.05, 0) is 41.9 Å². The molecule has 1 aromatic carbocycles. The van der Waals surface area contributed by atoms with Gasteiger partial charge in [0.2, 0.25) is 11.8 Å². The number of hydrogen-bond donors (Lipinski definition) is 2. The van der Waals surface area contributed by atoms with Gasteiger partial charge in [0.15, 0.2) is 0 Å². The molecule has 1 atom stereocenters. The molecule has 144 valence electrons. The molecule has 2 amide bonds. The molecule has 3 rings (SSSR count). The van der Waals surface area contributed by atoms with E-state index >= 15 is 0 Å². The molecule has 2 heterocycles. The molecule has 26 heavy (non-hydrogen) atoms. The first-order chi connectivity index (χ1) is 12.0. The Morgan fingerprint density at radius 2 is 2.00 bits per heavy atom. The van der Waals surface area contributed by atoms with Crippen LogP contribution in [0.5, 0.6) is 0 Å². The number of hydrogen-bond acceptors (Lipinski definition) is 3. The fraction of sp³-hybridized carbons (Fsp3) is 0.600. The number of likely N-dealkylation sites (tertiary alicyclic amines) is 1. The monoisotopic (exact) mass is 379 g/mol. The van der Waals surface area contributed by atoms with E-state index in [2.05, 4.69) is 42.7 Å². The first kappa shape index (κ1) is 20.7. The Balaban J connectivity index is 0.00000243. The average Bonchev–Trinajstić information content (AvgIpc) is 3.06. The molecule has 0 bridgehead atoms. The molecule has 5 nitrogen and oxygen atoms in total. The van der Waals surface area contributed by atoms with Crippen LogP contribution in [0.1, 0.15) is 56.2 Å². The zero-order chi connectivity index (χ0) is 17.8. The minimum absolute atomic E-state index is 0. The molecule has 0 aromatic heterocycles. The molecule has 6 heteroatoms. The zero-order valence-electron chi connectivity index (χ0n) is 15.7. The Bertz CT molecular complexity index is 648. The van der Waals surface area contributed by atoms with E-state index < -0.39 is 0 Å². The summed E-state index contributed by atoms with van der Waals surface area (Å²) in [5.41, 5.74) is 3.77. The van der Waals surface area contributed by atoms with Crippen LogP contribution in [0.2, 0.25) is 0 Å². The van der Waals surface area contributed by atoms with Gasteiger partial charge in [0, 0.05) is 32.6 Å². The van der Waals surface area contributed by atoms with Crippen molar-refractivity contribution in [3.05, 3.63) is 34.9 Å². The van der Waals surface area contributed by atoms with E-state index in [0.717, 1.165) is 31.5 Å². The van der Waals surface area contributed by atoms with E-state index in [-0.39, 0.29) is 30.3 Å². The second-order valence-corrected chi connectivity index (χ2v) is 7.61. The van der Waals surface area contributed by atoms with Crippen molar-refractivity contribution < 1.29 is 9.59 Å². The largest absolute Gasteiger partial charge is 0.350 e. The predicted molar refractivity (Wildman–Crippen MR) is 105 cm³/mol. The van der Waals surface area contributed by atoms with Gasteiger partial charge in [-0.25, -0.2) is 0 Å². The number of nitrogens with zero attached hydrogens (tertiary/aromatic N) is 1. The minimum atomic E-state index is -0.344. The highest BCUT2D eigenvalue weighted by Crippen LogP contribution is 2.20. The lowest BCUT2D eigenvalue weighted by molar-refractivity contribution is -0.143. The van der Waals surface area contributed by atoms with Crippen LogP contribution in [-0.2, 0) is 29.2 Å². The number of rotatable bonds is 6. The van der Waals surface area contributed by atoms with Crippen molar-refractivity contribution in [1.82, 2.24) is 15.5 Å². The number of carbonyl (C=O) groups excluding carboxylic acids is 2. The number of carbonyl (C=O) groups is 2. The zero-order valence-corrected chi connectivity index (χ0v) is 16.5. The van der Waals surface area contributed by atoms with Gasteiger partial charge >= 0.3 is 0 Å². The minimum Gasteiger partial charge on any atom is -0.350 e. The summed E-state index contributed by atoms with van der Waals surface area (Å²) >= 11 is 0. The van der Waals surface area contributed by atoms with Gasteiger partial charge in [-0.2, -0.15) is 0 Å². The molecule has 1 aromatic rings. The first-order valence-corrected chi connectivity index (χ1v) is 9.43. The molecule has 0 radical (unpaired) electrons. The lowest BCUT2D eigenvalue weighted by Crippen LogP contribution is -2.51. The highest BCUT2D eigenvalue weighted by atomic mass is 35.5.